The third kappa shape index (κ3) is 2.49. The van der Waals surface area contributed by atoms with Gasteiger partial charge in [0, 0.05) is 18.3 Å². The van der Waals surface area contributed by atoms with E-state index in [1.54, 1.807) is 24.4 Å². The van der Waals surface area contributed by atoms with Crippen LogP contribution in [-0.4, -0.2) is 4.98 Å². The topological polar surface area (TPSA) is 48.1 Å². The summed E-state index contributed by atoms with van der Waals surface area (Å²) in [4.78, 5) is 3.96. The molecule has 0 fully saturated rings. The SMILES string of the molecule is Nc1ccc(Oc2ccnc(Br)c2)cc1F. The van der Waals surface area contributed by atoms with Crippen LogP contribution in [0.4, 0.5) is 10.1 Å². The van der Waals surface area contributed by atoms with Gasteiger partial charge in [-0.25, -0.2) is 9.37 Å². The molecule has 0 bridgehead atoms. The van der Waals surface area contributed by atoms with Crippen molar-refractivity contribution in [2.45, 2.75) is 0 Å². The molecule has 82 valence electrons. The first-order chi connectivity index (χ1) is 7.65. The van der Waals surface area contributed by atoms with E-state index in [2.05, 4.69) is 20.9 Å². The molecular weight excluding hydrogens is 275 g/mol. The molecule has 2 rings (SSSR count). The summed E-state index contributed by atoms with van der Waals surface area (Å²) in [7, 11) is 0. The van der Waals surface area contributed by atoms with Gasteiger partial charge in [-0.3, -0.25) is 0 Å². The Morgan fingerprint density at radius 3 is 2.62 bits per heavy atom. The number of rotatable bonds is 2. The summed E-state index contributed by atoms with van der Waals surface area (Å²) in [6, 6.07) is 7.67. The maximum absolute atomic E-state index is 13.1. The third-order valence-electron chi connectivity index (χ3n) is 1.91. The number of halogens is 2. The normalized spacial score (nSPS) is 10.1. The van der Waals surface area contributed by atoms with Crippen molar-refractivity contribution in [2.75, 3.05) is 5.73 Å². The van der Waals surface area contributed by atoms with Crippen LogP contribution in [0.15, 0.2) is 41.1 Å². The zero-order chi connectivity index (χ0) is 11.5. The van der Waals surface area contributed by atoms with Crippen molar-refractivity contribution in [3.05, 3.63) is 46.9 Å². The van der Waals surface area contributed by atoms with Crippen LogP contribution in [0.5, 0.6) is 11.5 Å². The van der Waals surface area contributed by atoms with E-state index in [1.165, 1.54) is 12.1 Å². The second-order valence-corrected chi connectivity index (χ2v) is 3.91. The van der Waals surface area contributed by atoms with Gasteiger partial charge in [0.1, 0.15) is 21.9 Å². The van der Waals surface area contributed by atoms with Crippen molar-refractivity contribution < 1.29 is 9.13 Å². The Labute approximate surface area is 100 Å². The number of ether oxygens (including phenoxy) is 1. The summed E-state index contributed by atoms with van der Waals surface area (Å²) in [6.07, 6.45) is 1.59. The molecule has 16 heavy (non-hydrogen) atoms. The van der Waals surface area contributed by atoms with Crippen LogP contribution < -0.4 is 10.5 Å². The molecule has 0 saturated carbocycles. The summed E-state index contributed by atoms with van der Waals surface area (Å²) < 4.78 is 19.2. The zero-order valence-corrected chi connectivity index (χ0v) is 9.74. The van der Waals surface area contributed by atoms with Crippen LogP contribution in [0, 0.1) is 5.82 Å². The van der Waals surface area contributed by atoms with E-state index < -0.39 is 5.82 Å². The number of nitrogens with two attached hydrogens (primary N) is 1. The molecule has 0 radical (unpaired) electrons. The monoisotopic (exact) mass is 282 g/mol. The molecular formula is C11H8BrFN2O. The quantitative estimate of drug-likeness (QED) is 0.679. The van der Waals surface area contributed by atoms with Crippen LogP contribution in [0.3, 0.4) is 0 Å². The molecule has 0 amide bonds. The third-order valence-corrected chi connectivity index (χ3v) is 2.34. The van der Waals surface area contributed by atoms with Crippen molar-refractivity contribution in [1.29, 1.82) is 0 Å². The summed E-state index contributed by atoms with van der Waals surface area (Å²) in [5, 5.41) is 0. The minimum atomic E-state index is -0.495. The van der Waals surface area contributed by atoms with Crippen molar-refractivity contribution in [3.8, 4) is 11.5 Å². The molecule has 0 spiro atoms. The maximum Gasteiger partial charge on any atom is 0.149 e. The Morgan fingerprint density at radius 2 is 1.94 bits per heavy atom. The summed E-state index contributed by atoms with van der Waals surface area (Å²) in [5.74, 6) is 0.474. The Balaban J connectivity index is 2.24. The summed E-state index contributed by atoms with van der Waals surface area (Å²) >= 11 is 3.22. The first-order valence-corrected chi connectivity index (χ1v) is 5.29. The van der Waals surface area contributed by atoms with E-state index >= 15 is 0 Å². The molecule has 0 aliphatic heterocycles. The van der Waals surface area contributed by atoms with Crippen LogP contribution in [0.2, 0.25) is 0 Å². The van der Waals surface area contributed by atoms with Crippen molar-refractivity contribution in [1.82, 2.24) is 4.98 Å². The molecule has 1 aromatic heterocycles. The van der Waals surface area contributed by atoms with Gasteiger partial charge in [0.05, 0.1) is 5.69 Å². The zero-order valence-electron chi connectivity index (χ0n) is 8.15. The van der Waals surface area contributed by atoms with E-state index in [1.807, 2.05) is 0 Å². The first kappa shape index (κ1) is 10.9. The van der Waals surface area contributed by atoms with Gasteiger partial charge in [0.15, 0.2) is 0 Å². The van der Waals surface area contributed by atoms with Crippen LogP contribution in [0.25, 0.3) is 0 Å². The van der Waals surface area contributed by atoms with Crippen LogP contribution in [0.1, 0.15) is 0 Å². The second kappa shape index (κ2) is 4.49. The molecule has 2 aromatic rings. The molecule has 0 unspecified atom stereocenters. The number of hydrogen-bond donors (Lipinski definition) is 1. The minimum absolute atomic E-state index is 0.100. The number of anilines is 1. The highest BCUT2D eigenvalue weighted by Gasteiger charge is 2.02. The molecule has 0 aliphatic rings. The molecule has 1 aromatic carbocycles. The molecule has 0 saturated heterocycles. The average Bonchev–Trinajstić information content (AvgIpc) is 2.24. The van der Waals surface area contributed by atoms with E-state index in [4.69, 9.17) is 10.5 Å². The molecule has 2 N–H and O–H groups in total. The minimum Gasteiger partial charge on any atom is -0.457 e. The molecule has 0 atom stereocenters. The Kier molecular flexibility index (Phi) is 3.05. The fourth-order valence-electron chi connectivity index (χ4n) is 1.16. The predicted octanol–water partition coefficient (Wildman–Crippen LogP) is 3.36. The number of hydrogen-bond acceptors (Lipinski definition) is 3. The van der Waals surface area contributed by atoms with Gasteiger partial charge in [0.2, 0.25) is 0 Å². The van der Waals surface area contributed by atoms with E-state index in [0.29, 0.717) is 16.1 Å². The van der Waals surface area contributed by atoms with Gasteiger partial charge in [-0.2, -0.15) is 0 Å². The van der Waals surface area contributed by atoms with Gasteiger partial charge < -0.3 is 10.5 Å². The Bertz CT molecular complexity index is 519. The number of nitrogen functional groups attached to an aromatic ring is 1. The summed E-state index contributed by atoms with van der Waals surface area (Å²) in [5.41, 5.74) is 5.46. The lowest BCUT2D eigenvalue weighted by atomic mass is 10.3. The molecule has 3 nitrogen and oxygen atoms in total. The van der Waals surface area contributed by atoms with E-state index in [-0.39, 0.29) is 5.69 Å². The highest BCUT2D eigenvalue weighted by Crippen LogP contribution is 2.25. The highest BCUT2D eigenvalue weighted by atomic mass is 79.9. The largest absolute Gasteiger partial charge is 0.457 e. The average molecular weight is 283 g/mol. The Hall–Kier alpha value is -1.62. The van der Waals surface area contributed by atoms with Gasteiger partial charge in [-0.15, -0.1) is 0 Å². The lowest BCUT2D eigenvalue weighted by molar-refractivity contribution is 0.476. The second-order valence-electron chi connectivity index (χ2n) is 3.10. The van der Waals surface area contributed by atoms with Crippen LogP contribution in [-0.2, 0) is 0 Å². The number of benzene rings is 1. The molecule has 0 aliphatic carbocycles. The standard InChI is InChI=1S/C11H8BrFN2O/c12-11-6-8(3-4-15-11)16-7-1-2-10(14)9(13)5-7/h1-6H,14H2. The van der Waals surface area contributed by atoms with Gasteiger partial charge >= 0.3 is 0 Å². The number of nitrogens with zero attached hydrogens (tertiary/aromatic N) is 1. The fourth-order valence-corrected chi connectivity index (χ4v) is 1.50. The van der Waals surface area contributed by atoms with E-state index in [0.717, 1.165) is 0 Å². The lowest BCUT2D eigenvalue weighted by Gasteiger charge is -2.06. The first-order valence-electron chi connectivity index (χ1n) is 4.49. The Morgan fingerprint density at radius 1 is 1.19 bits per heavy atom. The smallest absolute Gasteiger partial charge is 0.149 e. The lowest BCUT2D eigenvalue weighted by Crippen LogP contribution is -1.91. The van der Waals surface area contributed by atoms with Crippen LogP contribution >= 0.6 is 15.9 Å². The summed E-state index contributed by atoms with van der Waals surface area (Å²) in [6.45, 7) is 0. The van der Waals surface area contributed by atoms with Gasteiger partial charge in [-0.05, 0) is 34.1 Å². The maximum atomic E-state index is 13.1. The van der Waals surface area contributed by atoms with Crippen molar-refractivity contribution >= 4 is 21.6 Å². The molecule has 5 heteroatoms. The number of pyridine rings is 1. The number of aromatic nitrogens is 1. The molecule has 1 heterocycles. The van der Waals surface area contributed by atoms with Gasteiger partial charge in [-0.1, -0.05) is 0 Å². The highest BCUT2D eigenvalue weighted by molar-refractivity contribution is 9.10. The predicted molar refractivity (Wildman–Crippen MR) is 62.8 cm³/mol. The van der Waals surface area contributed by atoms with E-state index in [9.17, 15) is 4.39 Å². The van der Waals surface area contributed by atoms with Crippen molar-refractivity contribution in [3.63, 3.8) is 0 Å². The fraction of sp³-hybridized carbons (Fsp3) is 0. The van der Waals surface area contributed by atoms with Crippen molar-refractivity contribution in [2.24, 2.45) is 0 Å². The van der Waals surface area contributed by atoms with Gasteiger partial charge in [0.25, 0.3) is 0 Å².